The van der Waals surface area contributed by atoms with Crippen molar-refractivity contribution in [1.82, 2.24) is 15.1 Å². The molecule has 3 rings (SSSR count). The maximum Gasteiger partial charge on any atom is 0.167 e. The highest BCUT2D eigenvalue weighted by molar-refractivity contribution is 5.65. The van der Waals surface area contributed by atoms with Gasteiger partial charge in [0.2, 0.25) is 0 Å². The third-order valence-corrected chi connectivity index (χ3v) is 2.50. The second-order valence-electron chi connectivity index (χ2n) is 3.71. The van der Waals surface area contributed by atoms with Crippen LogP contribution in [0.3, 0.4) is 0 Å². The van der Waals surface area contributed by atoms with Crippen molar-refractivity contribution in [3.63, 3.8) is 0 Å². The lowest BCUT2D eigenvalue weighted by Crippen LogP contribution is -1.80. The van der Waals surface area contributed by atoms with Crippen LogP contribution in [-0.4, -0.2) is 15.1 Å². The molecule has 0 atom stereocenters. The normalized spacial score (nSPS) is 10.5. The van der Waals surface area contributed by atoms with E-state index in [0.717, 1.165) is 11.1 Å². The van der Waals surface area contributed by atoms with Crippen molar-refractivity contribution in [1.29, 1.82) is 0 Å². The highest BCUT2D eigenvalue weighted by Gasteiger charge is 2.08. The average molecular weight is 241 g/mol. The summed E-state index contributed by atoms with van der Waals surface area (Å²) in [5.41, 5.74) is 2.19. The van der Waals surface area contributed by atoms with Crippen LogP contribution < -0.4 is 0 Å². The summed E-state index contributed by atoms with van der Waals surface area (Å²) >= 11 is 0. The molecular formula is C13H8FN3O. The van der Waals surface area contributed by atoms with Crippen molar-refractivity contribution in [2.45, 2.75) is 0 Å². The second-order valence-corrected chi connectivity index (χ2v) is 3.71. The van der Waals surface area contributed by atoms with Crippen LogP contribution in [0, 0.1) is 5.82 Å². The number of hydrogen-bond acceptors (Lipinski definition) is 4. The maximum absolute atomic E-state index is 12.8. The molecule has 5 heteroatoms. The van der Waals surface area contributed by atoms with Crippen LogP contribution in [0.25, 0.3) is 22.6 Å². The predicted octanol–water partition coefficient (Wildman–Crippen LogP) is 2.94. The van der Waals surface area contributed by atoms with Gasteiger partial charge in [-0.3, -0.25) is 0 Å². The fraction of sp³-hybridized carbons (Fsp3) is 0. The summed E-state index contributed by atoms with van der Waals surface area (Å²) in [6.07, 6.45) is 4.75. The summed E-state index contributed by atoms with van der Waals surface area (Å²) in [6.45, 7) is 0. The maximum atomic E-state index is 12.8. The minimum atomic E-state index is -0.282. The van der Waals surface area contributed by atoms with Crippen molar-refractivity contribution in [3.8, 4) is 22.6 Å². The zero-order valence-electron chi connectivity index (χ0n) is 9.25. The summed E-state index contributed by atoms with van der Waals surface area (Å²) in [5.74, 6) is 0.295. The third-order valence-electron chi connectivity index (χ3n) is 2.50. The number of rotatable bonds is 2. The Morgan fingerprint density at radius 1 is 0.944 bits per heavy atom. The van der Waals surface area contributed by atoms with Crippen molar-refractivity contribution in [2.75, 3.05) is 0 Å². The first-order valence-electron chi connectivity index (χ1n) is 5.31. The molecule has 0 bridgehead atoms. The first-order valence-corrected chi connectivity index (χ1v) is 5.31. The summed E-state index contributed by atoms with van der Waals surface area (Å²) in [6, 6.07) is 7.81. The van der Waals surface area contributed by atoms with Gasteiger partial charge in [0, 0.05) is 29.6 Å². The van der Waals surface area contributed by atoms with Gasteiger partial charge >= 0.3 is 0 Å². The molecule has 3 aromatic rings. The molecule has 0 saturated heterocycles. The van der Waals surface area contributed by atoms with Gasteiger partial charge in [0.1, 0.15) is 17.8 Å². The van der Waals surface area contributed by atoms with Gasteiger partial charge in [0.25, 0.3) is 0 Å². The molecule has 0 spiro atoms. The predicted molar refractivity (Wildman–Crippen MR) is 62.9 cm³/mol. The molecule has 0 N–H and O–H groups in total. The van der Waals surface area contributed by atoms with Crippen LogP contribution in [0.4, 0.5) is 4.39 Å². The average Bonchev–Trinajstić information content (AvgIpc) is 2.90. The highest BCUT2D eigenvalue weighted by Crippen LogP contribution is 2.25. The Kier molecular flexibility index (Phi) is 2.57. The Bertz CT molecular complexity index is 650. The van der Waals surface area contributed by atoms with Gasteiger partial charge in [-0.15, -0.1) is 0 Å². The second kappa shape index (κ2) is 4.37. The lowest BCUT2D eigenvalue weighted by atomic mass is 10.1. The Balaban J connectivity index is 1.97. The fourth-order valence-electron chi connectivity index (χ4n) is 1.59. The van der Waals surface area contributed by atoms with Gasteiger partial charge in [-0.25, -0.2) is 14.4 Å². The summed E-state index contributed by atoms with van der Waals surface area (Å²) in [4.78, 5) is 7.82. The van der Waals surface area contributed by atoms with Gasteiger partial charge in [-0.05, 0) is 24.3 Å². The Morgan fingerprint density at radius 2 is 1.67 bits per heavy atom. The topological polar surface area (TPSA) is 51.8 Å². The van der Waals surface area contributed by atoms with Gasteiger partial charge in [0.05, 0.1) is 0 Å². The van der Waals surface area contributed by atoms with E-state index in [2.05, 4.69) is 15.1 Å². The summed E-state index contributed by atoms with van der Waals surface area (Å²) < 4.78 is 18.0. The number of halogens is 1. The zero-order chi connectivity index (χ0) is 12.4. The van der Waals surface area contributed by atoms with Crippen molar-refractivity contribution >= 4 is 0 Å². The smallest absolute Gasteiger partial charge is 0.167 e. The third kappa shape index (κ3) is 1.98. The van der Waals surface area contributed by atoms with Crippen LogP contribution in [0.2, 0.25) is 0 Å². The van der Waals surface area contributed by atoms with Crippen LogP contribution in [0.5, 0.6) is 0 Å². The van der Waals surface area contributed by atoms with Gasteiger partial charge in [-0.2, -0.15) is 0 Å². The van der Waals surface area contributed by atoms with E-state index in [1.807, 2.05) is 0 Å². The number of benzene rings is 1. The van der Waals surface area contributed by atoms with Crippen molar-refractivity contribution in [3.05, 3.63) is 54.9 Å². The lowest BCUT2D eigenvalue weighted by Gasteiger charge is -1.93. The van der Waals surface area contributed by atoms with Crippen molar-refractivity contribution in [2.24, 2.45) is 0 Å². The van der Waals surface area contributed by atoms with E-state index in [-0.39, 0.29) is 5.82 Å². The summed E-state index contributed by atoms with van der Waals surface area (Å²) in [7, 11) is 0. The molecule has 0 aliphatic heterocycles. The van der Waals surface area contributed by atoms with Crippen LogP contribution in [-0.2, 0) is 0 Å². The molecule has 4 nitrogen and oxygen atoms in total. The van der Waals surface area contributed by atoms with Crippen LogP contribution in [0.1, 0.15) is 0 Å². The first-order chi connectivity index (χ1) is 8.83. The van der Waals surface area contributed by atoms with E-state index in [0.29, 0.717) is 11.5 Å². The number of hydrogen-bond donors (Lipinski definition) is 0. The first kappa shape index (κ1) is 10.6. The quantitative estimate of drug-likeness (QED) is 0.692. The molecule has 0 saturated carbocycles. The molecule has 0 amide bonds. The minimum absolute atomic E-state index is 0.282. The monoisotopic (exact) mass is 241 g/mol. The molecule has 1 aromatic carbocycles. The van der Waals surface area contributed by atoms with Crippen LogP contribution in [0.15, 0.2) is 53.6 Å². The molecule has 2 aromatic heterocycles. The van der Waals surface area contributed by atoms with Gasteiger partial charge in [0.15, 0.2) is 5.76 Å². The lowest BCUT2D eigenvalue weighted by molar-refractivity contribution is 0.435. The molecule has 18 heavy (non-hydrogen) atoms. The van der Waals surface area contributed by atoms with Crippen molar-refractivity contribution < 1.29 is 8.91 Å². The SMILES string of the molecule is Fc1ccc(-c2cc(-c3cncnc3)no2)cc1. The van der Waals surface area contributed by atoms with Crippen LogP contribution >= 0.6 is 0 Å². The molecule has 0 aliphatic rings. The molecule has 0 unspecified atom stereocenters. The Morgan fingerprint density at radius 3 is 2.39 bits per heavy atom. The molecular weight excluding hydrogens is 233 g/mol. The Hall–Kier alpha value is -2.56. The van der Waals surface area contributed by atoms with Gasteiger partial charge in [-0.1, -0.05) is 5.16 Å². The van der Waals surface area contributed by atoms with E-state index >= 15 is 0 Å². The minimum Gasteiger partial charge on any atom is -0.356 e. The molecule has 0 fully saturated rings. The molecule has 2 heterocycles. The van der Waals surface area contributed by atoms with E-state index < -0.39 is 0 Å². The van der Waals surface area contributed by atoms with E-state index in [9.17, 15) is 4.39 Å². The fourth-order valence-corrected chi connectivity index (χ4v) is 1.59. The largest absolute Gasteiger partial charge is 0.356 e. The van der Waals surface area contributed by atoms with E-state index in [4.69, 9.17) is 4.52 Å². The van der Waals surface area contributed by atoms with Gasteiger partial charge < -0.3 is 4.52 Å². The number of nitrogens with zero attached hydrogens (tertiary/aromatic N) is 3. The molecule has 88 valence electrons. The molecule has 0 aliphatic carbocycles. The summed E-state index contributed by atoms with van der Waals surface area (Å²) in [5, 5.41) is 3.94. The Labute approximate surface area is 102 Å². The standard InChI is InChI=1S/C13H8FN3O/c14-11-3-1-9(2-4-11)13-5-12(17-18-13)10-6-15-8-16-7-10/h1-8H. The highest BCUT2D eigenvalue weighted by atomic mass is 19.1. The van der Waals surface area contributed by atoms with E-state index in [1.165, 1.54) is 18.5 Å². The zero-order valence-corrected chi connectivity index (χ0v) is 9.25. The van der Waals surface area contributed by atoms with E-state index in [1.54, 1.807) is 30.6 Å². The molecule has 0 radical (unpaired) electrons. The number of aromatic nitrogens is 3.